The summed E-state index contributed by atoms with van der Waals surface area (Å²) in [4.78, 5) is 35.6. The van der Waals surface area contributed by atoms with Gasteiger partial charge in [-0.05, 0) is 18.5 Å². The minimum atomic E-state index is -0.847. The van der Waals surface area contributed by atoms with Gasteiger partial charge >= 0.3 is 11.9 Å². The van der Waals surface area contributed by atoms with Crippen LogP contribution in [-0.2, 0) is 16.5 Å². The molecule has 108 valence electrons. The van der Waals surface area contributed by atoms with E-state index in [1.54, 1.807) is 6.92 Å². The van der Waals surface area contributed by atoms with Crippen molar-refractivity contribution in [1.82, 2.24) is 8.69 Å². The zero-order chi connectivity index (χ0) is 15.0. The second-order valence-corrected chi connectivity index (χ2v) is 4.78. The Morgan fingerprint density at radius 1 is 1.30 bits per heavy atom. The standard InChI is InChI=1S/C11H12N2O6S/c1-4-19-10(15)5-6-7(12(2)9(5)14)8(11(16)18-3)20-13(6)17/h17H,4H2,1-3H3. The fraction of sp³-hybridized carbons (Fsp3) is 0.364. The Morgan fingerprint density at radius 2 is 1.95 bits per heavy atom. The third-order valence-corrected chi connectivity index (χ3v) is 3.65. The molecule has 2 heterocycles. The number of hydrogen-bond donors (Lipinski definition) is 1. The SMILES string of the molecule is CCOC(=O)c1c2n(O)sc(C(=O)OC)c-2n(C)c1=O. The van der Waals surface area contributed by atoms with E-state index in [1.165, 1.54) is 14.2 Å². The summed E-state index contributed by atoms with van der Waals surface area (Å²) in [5.74, 6) is -1.55. The first-order valence-corrected chi connectivity index (χ1v) is 6.40. The highest BCUT2D eigenvalue weighted by Crippen LogP contribution is 2.33. The number of hydrogen-bond acceptors (Lipinski definition) is 7. The summed E-state index contributed by atoms with van der Waals surface area (Å²) in [6.45, 7) is 1.69. The predicted octanol–water partition coefficient (Wildman–Crippen LogP) is 0.554. The molecule has 0 aromatic rings. The Morgan fingerprint density at radius 3 is 2.50 bits per heavy atom. The molecular weight excluding hydrogens is 288 g/mol. The molecule has 0 saturated carbocycles. The van der Waals surface area contributed by atoms with E-state index in [-0.39, 0.29) is 28.4 Å². The van der Waals surface area contributed by atoms with Crippen LogP contribution in [0.4, 0.5) is 0 Å². The fourth-order valence-corrected chi connectivity index (χ4v) is 2.80. The number of methoxy groups -OCH3 is 1. The van der Waals surface area contributed by atoms with Crippen molar-refractivity contribution in [2.24, 2.45) is 7.05 Å². The van der Waals surface area contributed by atoms with E-state index in [2.05, 4.69) is 4.74 Å². The maximum absolute atomic E-state index is 12.1. The lowest BCUT2D eigenvalue weighted by Crippen LogP contribution is -2.20. The molecule has 0 aliphatic carbocycles. The van der Waals surface area contributed by atoms with Crippen LogP contribution in [0.1, 0.15) is 27.0 Å². The Kier molecular flexibility index (Phi) is 3.53. The van der Waals surface area contributed by atoms with Gasteiger partial charge in [-0.2, -0.15) is 0 Å². The number of nitrogens with zero attached hydrogens (tertiary/aromatic N) is 2. The first-order valence-electron chi connectivity index (χ1n) is 5.63. The summed E-state index contributed by atoms with van der Waals surface area (Å²) in [5, 5.41) is 9.84. The Labute approximate surface area is 117 Å². The molecule has 0 saturated heterocycles. The molecule has 2 aliphatic rings. The van der Waals surface area contributed by atoms with Crippen molar-refractivity contribution in [2.75, 3.05) is 13.7 Å². The molecule has 8 nitrogen and oxygen atoms in total. The van der Waals surface area contributed by atoms with Crippen LogP contribution in [0.2, 0.25) is 0 Å². The summed E-state index contributed by atoms with van der Waals surface area (Å²) in [6.07, 6.45) is 0. The summed E-state index contributed by atoms with van der Waals surface area (Å²) in [6, 6.07) is 0. The molecule has 0 unspecified atom stereocenters. The zero-order valence-electron chi connectivity index (χ0n) is 11.0. The van der Waals surface area contributed by atoms with Crippen LogP contribution in [-0.4, -0.2) is 39.5 Å². The van der Waals surface area contributed by atoms with Crippen LogP contribution < -0.4 is 5.56 Å². The third-order valence-electron chi connectivity index (χ3n) is 2.75. The van der Waals surface area contributed by atoms with Crippen molar-refractivity contribution >= 4 is 23.5 Å². The van der Waals surface area contributed by atoms with Gasteiger partial charge in [0.1, 0.15) is 5.69 Å². The molecule has 0 spiro atoms. The van der Waals surface area contributed by atoms with Gasteiger partial charge < -0.3 is 19.2 Å². The van der Waals surface area contributed by atoms with Gasteiger partial charge in [0.2, 0.25) is 0 Å². The van der Waals surface area contributed by atoms with E-state index >= 15 is 0 Å². The third kappa shape index (κ3) is 1.86. The molecule has 2 aliphatic heterocycles. The highest BCUT2D eigenvalue weighted by Gasteiger charge is 2.35. The van der Waals surface area contributed by atoms with Gasteiger partial charge in [0.25, 0.3) is 5.56 Å². The molecule has 0 amide bonds. The number of carbonyl (C=O) groups excluding carboxylic acids is 2. The average molecular weight is 300 g/mol. The largest absolute Gasteiger partial charge is 0.465 e. The van der Waals surface area contributed by atoms with Crippen LogP contribution in [0.3, 0.4) is 0 Å². The maximum Gasteiger partial charge on any atom is 0.351 e. The topological polar surface area (TPSA) is 99.8 Å². The number of fused-ring (bicyclic) bond motifs is 1. The highest BCUT2D eigenvalue weighted by atomic mass is 32.1. The molecule has 0 radical (unpaired) electrons. The summed E-state index contributed by atoms with van der Waals surface area (Å²) in [5.41, 5.74) is -0.869. The quantitative estimate of drug-likeness (QED) is 0.656. The Balaban J connectivity index is 2.73. The monoisotopic (exact) mass is 300 g/mol. The van der Waals surface area contributed by atoms with E-state index in [4.69, 9.17) is 4.74 Å². The van der Waals surface area contributed by atoms with E-state index in [0.29, 0.717) is 15.7 Å². The van der Waals surface area contributed by atoms with Gasteiger partial charge in [-0.3, -0.25) is 4.79 Å². The normalized spacial score (nSPS) is 10.8. The molecule has 1 N–H and O–H groups in total. The molecule has 9 heteroatoms. The number of aromatic nitrogens is 2. The zero-order valence-corrected chi connectivity index (χ0v) is 11.8. The summed E-state index contributed by atoms with van der Waals surface area (Å²) < 4.78 is 11.1. The number of carbonyl (C=O) groups is 2. The fourth-order valence-electron chi connectivity index (χ4n) is 1.88. The molecule has 2 rings (SSSR count). The maximum atomic E-state index is 12.1. The van der Waals surface area contributed by atoms with E-state index in [9.17, 15) is 19.6 Å². The second-order valence-electron chi connectivity index (χ2n) is 3.84. The molecule has 20 heavy (non-hydrogen) atoms. The smallest absolute Gasteiger partial charge is 0.351 e. The molecule has 0 atom stereocenters. The molecule has 0 fully saturated rings. The molecular formula is C11H12N2O6S. The van der Waals surface area contributed by atoms with Crippen LogP contribution in [0.25, 0.3) is 11.4 Å². The molecule has 0 aromatic carbocycles. The van der Waals surface area contributed by atoms with Crippen molar-refractivity contribution < 1.29 is 24.3 Å². The van der Waals surface area contributed by atoms with Crippen LogP contribution in [0, 0.1) is 0 Å². The minimum Gasteiger partial charge on any atom is -0.465 e. The Hall–Kier alpha value is -2.29. The van der Waals surface area contributed by atoms with Crippen LogP contribution in [0.5, 0.6) is 0 Å². The molecule has 0 bridgehead atoms. The van der Waals surface area contributed by atoms with Gasteiger partial charge in [-0.1, -0.05) is 0 Å². The van der Waals surface area contributed by atoms with Gasteiger partial charge in [0.15, 0.2) is 10.4 Å². The average Bonchev–Trinajstić information content (AvgIpc) is 2.87. The first kappa shape index (κ1) is 14.1. The van der Waals surface area contributed by atoms with Crippen molar-refractivity contribution in [1.29, 1.82) is 0 Å². The lowest BCUT2D eigenvalue weighted by molar-refractivity contribution is 0.0522. The lowest BCUT2D eigenvalue weighted by atomic mass is 10.2. The second kappa shape index (κ2) is 5.00. The van der Waals surface area contributed by atoms with Crippen molar-refractivity contribution in [2.45, 2.75) is 6.92 Å². The van der Waals surface area contributed by atoms with Crippen molar-refractivity contribution in [3.63, 3.8) is 0 Å². The Bertz CT molecular complexity index is 710. The van der Waals surface area contributed by atoms with Crippen LogP contribution >= 0.6 is 11.5 Å². The summed E-state index contributed by atoms with van der Waals surface area (Å²) in [7, 11) is 2.58. The van der Waals surface area contributed by atoms with Gasteiger partial charge in [-0.15, -0.1) is 4.12 Å². The number of ether oxygens (including phenoxy) is 2. The van der Waals surface area contributed by atoms with Crippen molar-refractivity contribution in [3.05, 3.63) is 20.8 Å². The van der Waals surface area contributed by atoms with Crippen LogP contribution in [0.15, 0.2) is 4.79 Å². The molecule has 0 aromatic heterocycles. The van der Waals surface area contributed by atoms with E-state index in [1.807, 2.05) is 0 Å². The predicted molar refractivity (Wildman–Crippen MR) is 68.7 cm³/mol. The first-order chi connectivity index (χ1) is 9.43. The van der Waals surface area contributed by atoms with Crippen molar-refractivity contribution in [3.8, 4) is 11.4 Å². The summed E-state index contributed by atoms with van der Waals surface area (Å²) >= 11 is 0.670. The van der Waals surface area contributed by atoms with Gasteiger partial charge in [0, 0.05) is 7.05 Å². The number of esters is 2. The van der Waals surface area contributed by atoms with Gasteiger partial charge in [0.05, 0.1) is 19.4 Å². The lowest BCUT2D eigenvalue weighted by Gasteiger charge is -2.00. The minimum absolute atomic E-state index is 0.0279. The van der Waals surface area contributed by atoms with Gasteiger partial charge in [-0.25, -0.2) is 9.59 Å². The number of rotatable bonds is 3. The van der Waals surface area contributed by atoms with E-state index in [0.717, 1.165) is 4.57 Å². The van der Waals surface area contributed by atoms with E-state index < -0.39 is 17.5 Å². The highest BCUT2D eigenvalue weighted by molar-refractivity contribution is 7.09.